The summed E-state index contributed by atoms with van der Waals surface area (Å²) in [6.07, 6.45) is -60.7. The first-order valence-corrected chi connectivity index (χ1v) is 25.7. The first-order chi connectivity index (χ1) is 37.0. The van der Waals surface area contributed by atoms with Gasteiger partial charge in [0.05, 0.1) is 57.5 Å². The van der Waals surface area contributed by atoms with Crippen molar-refractivity contribution in [2.45, 2.75) is 229 Å². The second-order valence-corrected chi connectivity index (χ2v) is 20.9. The molecule has 0 amide bonds. The summed E-state index contributed by atoms with van der Waals surface area (Å²) in [6.45, 7) is -3.99. The molecular formula is C45H78O33. The second-order valence-electron chi connectivity index (χ2n) is 20.9. The predicted octanol–water partition coefficient (Wildman–Crippen LogP) is -13.5. The Labute approximate surface area is 443 Å². The molecule has 33 heteroatoms. The molecule has 1 aliphatic carbocycles. The van der Waals surface area contributed by atoms with E-state index < -0.39 is 254 Å². The Kier molecular flexibility index (Phi) is 22.7. The molecule has 7 rings (SSSR count). The van der Waals surface area contributed by atoms with Crippen LogP contribution in [0.25, 0.3) is 0 Å². The van der Waals surface area contributed by atoms with E-state index in [1.165, 1.54) is 6.92 Å². The molecule has 0 spiro atoms. The molecule has 6 saturated heterocycles. The third kappa shape index (κ3) is 13.1. The van der Waals surface area contributed by atoms with Crippen LogP contribution in [0.2, 0.25) is 0 Å². The third-order valence-corrected chi connectivity index (χ3v) is 15.8. The van der Waals surface area contributed by atoms with Crippen molar-refractivity contribution in [3.63, 3.8) is 0 Å². The Morgan fingerprint density at radius 1 is 0.269 bits per heavy atom. The summed E-state index contributed by atoms with van der Waals surface area (Å²) in [4.78, 5) is 0. The Morgan fingerprint density at radius 3 is 0.885 bits per heavy atom. The maximum Gasteiger partial charge on any atom is 0.187 e. The molecule has 456 valence electrons. The lowest BCUT2D eigenvalue weighted by molar-refractivity contribution is -0.397. The zero-order valence-corrected chi connectivity index (χ0v) is 41.9. The topological polar surface area (TPSA) is 547 Å². The first-order valence-electron chi connectivity index (χ1n) is 25.7. The molecule has 35 atom stereocenters. The highest BCUT2D eigenvalue weighted by atomic mass is 16.8. The van der Waals surface area contributed by atoms with Crippen LogP contribution in [0.5, 0.6) is 0 Å². The summed E-state index contributed by atoms with van der Waals surface area (Å²) in [7, 11) is 0. The van der Waals surface area contributed by atoms with E-state index in [1.807, 2.05) is 0 Å². The van der Waals surface area contributed by atoms with Crippen molar-refractivity contribution >= 4 is 0 Å². The van der Waals surface area contributed by atoms with Gasteiger partial charge in [0.25, 0.3) is 0 Å². The monoisotopic (exact) mass is 1150 g/mol. The highest BCUT2D eigenvalue weighted by Crippen LogP contribution is 2.39. The van der Waals surface area contributed by atoms with Crippen molar-refractivity contribution in [3.8, 4) is 0 Å². The SMILES string of the molecule is C[C@@H]1OC(CC[C@@H]2CC(CO)[C@@H](O)[C@H](O)C2O)[C@@H](O)[C@H](O[C@@H]2OC(CO)[C@@H](O)[C@H](O[C@@H]3OC(CO)[C@@H](O)[C@H](O[C@@H]4OC(CO)[C@@H](O)[C@H](O[C@@H]5OC(CO)[C@@H](O)[C@H](O[C@@H]6OC(CO)[C@@H](O)[C@H](O)C6O)C5O)C4O)C3O)C2O)C1O. The van der Waals surface area contributed by atoms with Crippen molar-refractivity contribution < 1.29 is 164 Å². The lowest BCUT2D eigenvalue weighted by Crippen LogP contribution is -2.68. The second kappa shape index (κ2) is 27.6. The predicted molar refractivity (Wildman–Crippen MR) is 241 cm³/mol. The van der Waals surface area contributed by atoms with Crippen LogP contribution in [-0.4, -0.2) is 354 Å². The number of ether oxygens (including phenoxy) is 11. The van der Waals surface area contributed by atoms with Crippen molar-refractivity contribution in [3.05, 3.63) is 0 Å². The van der Waals surface area contributed by atoms with Gasteiger partial charge in [-0.15, -0.1) is 0 Å². The maximum atomic E-state index is 11.7. The minimum atomic E-state index is -2.27. The molecular weight excluding hydrogens is 1070 g/mol. The van der Waals surface area contributed by atoms with E-state index >= 15 is 0 Å². The van der Waals surface area contributed by atoms with Gasteiger partial charge in [-0.25, -0.2) is 0 Å². The summed E-state index contributed by atoms with van der Waals surface area (Å²) in [5.41, 5.74) is 0. The van der Waals surface area contributed by atoms with Gasteiger partial charge in [-0.1, -0.05) is 0 Å². The molecule has 22 N–H and O–H groups in total. The highest BCUT2D eigenvalue weighted by Gasteiger charge is 2.58. The van der Waals surface area contributed by atoms with Crippen molar-refractivity contribution in [2.75, 3.05) is 39.6 Å². The van der Waals surface area contributed by atoms with Crippen molar-refractivity contribution in [1.82, 2.24) is 0 Å². The maximum absolute atomic E-state index is 11.7. The van der Waals surface area contributed by atoms with Gasteiger partial charge < -0.3 is 164 Å². The van der Waals surface area contributed by atoms with E-state index in [0.717, 1.165) is 0 Å². The van der Waals surface area contributed by atoms with Crippen LogP contribution in [0.4, 0.5) is 0 Å². The summed E-state index contributed by atoms with van der Waals surface area (Å²) in [6, 6.07) is 0. The van der Waals surface area contributed by atoms with Gasteiger partial charge in [-0.05, 0) is 32.1 Å². The number of rotatable bonds is 19. The minimum Gasteiger partial charge on any atom is -0.396 e. The van der Waals surface area contributed by atoms with Gasteiger partial charge in [-0.2, -0.15) is 0 Å². The molecule has 0 bridgehead atoms. The average Bonchev–Trinajstić information content (AvgIpc) is 3.58. The normalized spacial score (nSPS) is 53.5. The van der Waals surface area contributed by atoms with E-state index in [2.05, 4.69) is 0 Å². The van der Waals surface area contributed by atoms with E-state index in [0.29, 0.717) is 0 Å². The molecule has 7 fully saturated rings. The van der Waals surface area contributed by atoms with Gasteiger partial charge in [0.1, 0.15) is 146 Å². The molecule has 78 heavy (non-hydrogen) atoms. The summed E-state index contributed by atoms with van der Waals surface area (Å²) >= 11 is 0. The molecule has 0 aromatic heterocycles. The van der Waals surface area contributed by atoms with Crippen molar-refractivity contribution in [2.24, 2.45) is 11.8 Å². The lowest BCUT2D eigenvalue weighted by Gasteiger charge is -2.50. The lowest BCUT2D eigenvalue weighted by atomic mass is 9.73. The molecule has 7 aliphatic rings. The Bertz CT molecular complexity index is 1810. The van der Waals surface area contributed by atoms with Crippen LogP contribution < -0.4 is 0 Å². The molecule has 1 saturated carbocycles. The largest absolute Gasteiger partial charge is 0.396 e. The summed E-state index contributed by atoms with van der Waals surface area (Å²) in [5.74, 6) is -1.42. The fourth-order valence-electron chi connectivity index (χ4n) is 11.1. The number of aliphatic hydroxyl groups is 22. The average molecular weight is 1150 g/mol. The molecule has 6 aliphatic heterocycles. The molecule has 0 radical (unpaired) electrons. The highest BCUT2D eigenvalue weighted by molar-refractivity contribution is 5.01. The molecule has 33 nitrogen and oxygen atoms in total. The number of aliphatic hydroxyl groups excluding tert-OH is 22. The molecule has 6 heterocycles. The minimum absolute atomic E-state index is 0.0183. The van der Waals surface area contributed by atoms with E-state index in [9.17, 15) is 112 Å². The van der Waals surface area contributed by atoms with Crippen LogP contribution in [0.15, 0.2) is 0 Å². The molecule has 0 aromatic carbocycles. The van der Waals surface area contributed by atoms with Crippen LogP contribution in [0, 0.1) is 11.8 Å². The Balaban J connectivity index is 1.04. The van der Waals surface area contributed by atoms with Crippen LogP contribution >= 0.6 is 0 Å². The molecule has 0 aromatic rings. The third-order valence-electron chi connectivity index (χ3n) is 15.8. The van der Waals surface area contributed by atoms with Gasteiger partial charge in [0, 0.05) is 12.5 Å². The Morgan fingerprint density at radius 2 is 0.551 bits per heavy atom. The van der Waals surface area contributed by atoms with Gasteiger partial charge >= 0.3 is 0 Å². The van der Waals surface area contributed by atoms with Crippen molar-refractivity contribution in [1.29, 1.82) is 0 Å². The van der Waals surface area contributed by atoms with Gasteiger partial charge in [0.2, 0.25) is 0 Å². The summed E-state index contributed by atoms with van der Waals surface area (Å²) in [5, 5.41) is 236. The van der Waals surface area contributed by atoms with Gasteiger partial charge in [-0.3, -0.25) is 0 Å². The summed E-state index contributed by atoms with van der Waals surface area (Å²) < 4.78 is 62.5. The Hall–Kier alpha value is -1.32. The fourth-order valence-corrected chi connectivity index (χ4v) is 11.1. The number of hydrogen-bond acceptors (Lipinski definition) is 33. The number of hydrogen-bond donors (Lipinski definition) is 22. The standard InChI is InChI=1S/C45H78O33/c1-11-20(52)36(24(56)14(68-11)3-2-12-4-13(5-46)22(54)29(61)21(12)53)74-42-33(65)38(26(58)17(8-49)70-42)76-44-35(67)40(28(60)19(10-51)72-44)78-45-34(66)39(27(59)18(9-50)73-45)77-43-32(64)37(25(57)16(7-48)71-43)75-41-31(63)30(62)23(55)15(6-47)69-41/h11-67H,2-10H2,1H3/t11-,12+,13?,14?,15?,16?,17?,18?,19?,20?,21?,22+,23+,24+,25+,26+,27+,28+,29+,30-,31?,32?,33?,34?,35?,36+,37-,38-,39-,40-,41-,42-,43-,44-,45-/m0/s1. The van der Waals surface area contributed by atoms with E-state index in [-0.39, 0.29) is 19.3 Å². The van der Waals surface area contributed by atoms with Gasteiger partial charge in [0.15, 0.2) is 31.5 Å². The smallest absolute Gasteiger partial charge is 0.187 e. The van der Waals surface area contributed by atoms with Crippen LogP contribution in [-0.2, 0) is 52.1 Å². The van der Waals surface area contributed by atoms with E-state index in [4.69, 9.17) is 52.1 Å². The van der Waals surface area contributed by atoms with E-state index in [1.54, 1.807) is 0 Å². The molecule has 14 unspecified atom stereocenters. The van der Waals surface area contributed by atoms with Crippen LogP contribution in [0.1, 0.15) is 26.2 Å². The first kappa shape index (κ1) is 64.2. The zero-order valence-electron chi connectivity index (χ0n) is 41.9. The zero-order chi connectivity index (χ0) is 57.3. The fraction of sp³-hybridized carbons (Fsp3) is 1.00. The van der Waals surface area contributed by atoms with Crippen LogP contribution in [0.3, 0.4) is 0 Å². The quantitative estimate of drug-likeness (QED) is 0.0571.